The molecule has 0 aromatic heterocycles. The summed E-state index contributed by atoms with van der Waals surface area (Å²) in [5.41, 5.74) is 2.51. The first-order valence-electron chi connectivity index (χ1n) is 5.26. The van der Waals surface area contributed by atoms with E-state index in [1.54, 1.807) is 7.05 Å². The van der Waals surface area contributed by atoms with Crippen LogP contribution in [0.2, 0.25) is 0 Å². The van der Waals surface area contributed by atoms with E-state index < -0.39 is 0 Å². The van der Waals surface area contributed by atoms with E-state index in [4.69, 9.17) is 5.84 Å². The predicted molar refractivity (Wildman–Crippen MR) is 59.0 cm³/mol. The smallest absolute Gasteiger partial charge is 0.205 e. The van der Waals surface area contributed by atoms with Crippen molar-refractivity contribution in [2.24, 2.45) is 10.8 Å². The number of rotatable bonds is 3. The van der Waals surface area contributed by atoms with Gasteiger partial charge < -0.3 is 10.2 Å². The summed E-state index contributed by atoms with van der Waals surface area (Å²) in [5.74, 6) is 5.90. The normalized spacial score (nSPS) is 19.4. The average molecular weight is 199 g/mol. The first-order chi connectivity index (χ1) is 6.86. The number of nitrogens with two attached hydrogens (primary N) is 1. The van der Waals surface area contributed by atoms with Crippen LogP contribution >= 0.6 is 0 Å². The molecule has 0 bridgehead atoms. The maximum absolute atomic E-state index is 5.25. The zero-order valence-corrected chi connectivity index (χ0v) is 8.92. The van der Waals surface area contributed by atoms with Gasteiger partial charge in [0.1, 0.15) is 0 Å². The van der Waals surface area contributed by atoms with Crippen molar-refractivity contribution in [2.45, 2.75) is 19.3 Å². The van der Waals surface area contributed by atoms with Gasteiger partial charge >= 0.3 is 0 Å². The summed E-state index contributed by atoms with van der Waals surface area (Å²) < 4.78 is 0. The van der Waals surface area contributed by atoms with Crippen molar-refractivity contribution >= 4 is 5.96 Å². The Balaban J connectivity index is 2.07. The molecule has 14 heavy (non-hydrogen) atoms. The van der Waals surface area contributed by atoms with Gasteiger partial charge in [-0.1, -0.05) is 6.42 Å². The van der Waals surface area contributed by atoms with Crippen molar-refractivity contribution in [3.05, 3.63) is 0 Å². The van der Waals surface area contributed by atoms with Crippen LogP contribution in [0.1, 0.15) is 19.3 Å². The van der Waals surface area contributed by atoms with Gasteiger partial charge in [-0.05, 0) is 25.9 Å². The molecule has 0 spiro atoms. The fourth-order valence-corrected chi connectivity index (χ4v) is 1.71. The molecule has 0 amide bonds. The Hall–Kier alpha value is -0.810. The van der Waals surface area contributed by atoms with Crippen LogP contribution in [0.15, 0.2) is 4.99 Å². The number of hydrogen-bond acceptors (Lipinski definition) is 3. The number of aliphatic imine (C=N–C) groups is 1. The second kappa shape index (κ2) is 6.62. The van der Waals surface area contributed by atoms with Crippen molar-refractivity contribution in [1.82, 2.24) is 15.6 Å². The second-order valence-electron chi connectivity index (χ2n) is 3.55. The molecular formula is C9H21N5. The third-order valence-corrected chi connectivity index (χ3v) is 2.53. The van der Waals surface area contributed by atoms with Crippen molar-refractivity contribution < 1.29 is 0 Å². The topological polar surface area (TPSA) is 65.7 Å². The van der Waals surface area contributed by atoms with Crippen LogP contribution in [-0.2, 0) is 0 Å². The lowest BCUT2D eigenvalue weighted by Crippen LogP contribution is -2.45. The molecule has 1 aliphatic heterocycles. The summed E-state index contributed by atoms with van der Waals surface area (Å²) in [6.07, 6.45) is 4.06. The van der Waals surface area contributed by atoms with E-state index in [1.807, 2.05) is 0 Å². The standard InChI is InChI=1S/C9H21N5/c1-11-9(13-10)12-5-8-14-6-3-2-4-7-14/h2-8,10H2,1H3,(H2,11,12,13). The van der Waals surface area contributed by atoms with Crippen molar-refractivity contribution in [2.75, 3.05) is 33.2 Å². The molecule has 0 saturated carbocycles. The summed E-state index contributed by atoms with van der Waals surface area (Å²) in [5, 5.41) is 3.14. The number of nitrogens with zero attached hydrogens (tertiary/aromatic N) is 2. The number of hydrogen-bond donors (Lipinski definition) is 3. The molecule has 1 saturated heterocycles. The Kier molecular flexibility index (Phi) is 5.32. The summed E-state index contributed by atoms with van der Waals surface area (Å²) in [4.78, 5) is 6.41. The van der Waals surface area contributed by atoms with E-state index in [9.17, 15) is 0 Å². The molecule has 1 rings (SSSR count). The van der Waals surface area contributed by atoms with Crippen LogP contribution in [0.3, 0.4) is 0 Å². The van der Waals surface area contributed by atoms with Crippen LogP contribution in [0.4, 0.5) is 0 Å². The highest BCUT2D eigenvalue weighted by atomic mass is 15.3. The van der Waals surface area contributed by atoms with Crippen LogP contribution in [0.5, 0.6) is 0 Å². The van der Waals surface area contributed by atoms with E-state index in [2.05, 4.69) is 20.6 Å². The lowest BCUT2D eigenvalue weighted by molar-refractivity contribution is 0.232. The molecule has 0 aliphatic carbocycles. The minimum Gasteiger partial charge on any atom is -0.354 e. The zero-order chi connectivity index (χ0) is 10.2. The molecule has 5 nitrogen and oxygen atoms in total. The van der Waals surface area contributed by atoms with E-state index in [0.717, 1.165) is 13.1 Å². The zero-order valence-electron chi connectivity index (χ0n) is 8.92. The molecule has 4 N–H and O–H groups in total. The minimum atomic E-state index is 0.655. The van der Waals surface area contributed by atoms with Gasteiger partial charge in [-0.25, -0.2) is 5.84 Å². The molecule has 1 heterocycles. The Morgan fingerprint density at radius 1 is 1.36 bits per heavy atom. The molecule has 1 fully saturated rings. The Bertz CT molecular complexity index is 174. The third-order valence-electron chi connectivity index (χ3n) is 2.53. The van der Waals surface area contributed by atoms with Gasteiger partial charge in [0.05, 0.1) is 0 Å². The molecule has 0 radical (unpaired) electrons. The third kappa shape index (κ3) is 3.93. The molecular weight excluding hydrogens is 178 g/mol. The van der Waals surface area contributed by atoms with E-state index >= 15 is 0 Å². The first kappa shape index (κ1) is 11.3. The highest BCUT2D eigenvalue weighted by Gasteiger charge is 2.08. The molecule has 5 heteroatoms. The van der Waals surface area contributed by atoms with Gasteiger partial charge in [-0.2, -0.15) is 0 Å². The maximum atomic E-state index is 5.25. The summed E-state index contributed by atoms with van der Waals surface area (Å²) >= 11 is 0. The van der Waals surface area contributed by atoms with E-state index in [1.165, 1.54) is 32.4 Å². The largest absolute Gasteiger partial charge is 0.354 e. The lowest BCUT2D eigenvalue weighted by Gasteiger charge is -2.26. The number of hydrazine groups is 1. The monoisotopic (exact) mass is 199 g/mol. The summed E-state index contributed by atoms with van der Waals surface area (Å²) in [7, 11) is 1.71. The number of guanidine groups is 1. The molecule has 1 aliphatic rings. The summed E-state index contributed by atoms with van der Waals surface area (Å²) in [6, 6.07) is 0. The van der Waals surface area contributed by atoms with Gasteiger partial charge in [-0.15, -0.1) is 0 Å². The van der Waals surface area contributed by atoms with Gasteiger partial charge in [-0.3, -0.25) is 10.4 Å². The van der Waals surface area contributed by atoms with E-state index in [0.29, 0.717) is 5.96 Å². The molecule has 0 aromatic rings. The van der Waals surface area contributed by atoms with Crippen LogP contribution in [0, 0.1) is 0 Å². The molecule has 0 aromatic carbocycles. The maximum Gasteiger partial charge on any atom is 0.205 e. The van der Waals surface area contributed by atoms with Gasteiger partial charge in [0, 0.05) is 20.1 Å². The number of piperidine rings is 1. The van der Waals surface area contributed by atoms with Gasteiger partial charge in [0.2, 0.25) is 5.96 Å². The predicted octanol–water partition coefficient (Wildman–Crippen LogP) is -0.489. The molecule has 82 valence electrons. The molecule has 0 atom stereocenters. The Labute approximate surface area is 85.7 Å². The van der Waals surface area contributed by atoms with Crippen LogP contribution in [-0.4, -0.2) is 44.1 Å². The number of likely N-dealkylation sites (tertiary alicyclic amines) is 1. The Morgan fingerprint density at radius 2 is 2.07 bits per heavy atom. The fraction of sp³-hybridized carbons (Fsp3) is 0.889. The summed E-state index contributed by atoms with van der Waals surface area (Å²) in [6.45, 7) is 4.43. The SMILES string of the molecule is CN=C(NN)NCCN1CCCCC1. The van der Waals surface area contributed by atoms with Crippen LogP contribution < -0.4 is 16.6 Å². The average Bonchev–Trinajstić information content (AvgIpc) is 2.26. The second-order valence-corrected chi connectivity index (χ2v) is 3.55. The quantitative estimate of drug-likeness (QED) is 0.248. The van der Waals surface area contributed by atoms with E-state index in [-0.39, 0.29) is 0 Å². The highest BCUT2D eigenvalue weighted by Crippen LogP contribution is 2.06. The lowest BCUT2D eigenvalue weighted by atomic mass is 10.1. The van der Waals surface area contributed by atoms with Crippen molar-refractivity contribution in [1.29, 1.82) is 0 Å². The minimum absolute atomic E-state index is 0.655. The van der Waals surface area contributed by atoms with Gasteiger partial charge in [0.25, 0.3) is 0 Å². The highest BCUT2D eigenvalue weighted by molar-refractivity contribution is 5.78. The van der Waals surface area contributed by atoms with Crippen molar-refractivity contribution in [3.63, 3.8) is 0 Å². The fourth-order valence-electron chi connectivity index (χ4n) is 1.71. The van der Waals surface area contributed by atoms with Gasteiger partial charge in [0.15, 0.2) is 0 Å². The van der Waals surface area contributed by atoms with Crippen molar-refractivity contribution in [3.8, 4) is 0 Å². The number of nitrogens with one attached hydrogen (secondary N) is 2. The molecule has 0 unspecified atom stereocenters. The van der Waals surface area contributed by atoms with Crippen LogP contribution in [0.25, 0.3) is 0 Å². The Morgan fingerprint density at radius 3 is 2.64 bits per heavy atom. The first-order valence-corrected chi connectivity index (χ1v) is 5.26.